The minimum absolute atomic E-state index is 0.228. The number of halogens is 1. The summed E-state index contributed by atoms with van der Waals surface area (Å²) in [4.78, 5) is 29.2. The van der Waals surface area contributed by atoms with E-state index in [1.807, 2.05) is 31.2 Å². The largest absolute Gasteiger partial charge is 0.461 e. The summed E-state index contributed by atoms with van der Waals surface area (Å²) in [5.41, 5.74) is 1.80. The molecule has 0 radical (unpaired) electrons. The molecule has 0 aliphatic carbocycles. The normalized spacial score (nSPS) is 12.2. The summed E-state index contributed by atoms with van der Waals surface area (Å²) in [6.07, 6.45) is -0.228. The molecule has 0 aliphatic heterocycles. The van der Waals surface area contributed by atoms with Crippen LogP contribution in [0.3, 0.4) is 0 Å². The van der Waals surface area contributed by atoms with Crippen LogP contribution in [0, 0.1) is 6.92 Å². The van der Waals surface area contributed by atoms with Crippen LogP contribution in [-0.4, -0.2) is 34.8 Å². The Hall–Kier alpha value is -1.60. The lowest BCUT2D eigenvalue weighted by molar-refractivity contribution is -0.150. The Morgan fingerprint density at radius 2 is 2.04 bits per heavy atom. The highest BCUT2D eigenvalue weighted by atomic mass is 79.9. The van der Waals surface area contributed by atoms with E-state index in [4.69, 9.17) is 4.74 Å². The monoisotopic (exact) mass is 424 g/mol. The number of aryl methyl sites for hydroxylation is 1. The number of ether oxygens (including phenoxy) is 1. The smallest absolute Gasteiger partial charge is 0.329 e. The van der Waals surface area contributed by atoms with Gasteiger partial charge in [-0.2, -0.15) is 0 Å². The van der Waals surface area contributed by atoms with Crippen molar-refractivity contribution in [2.24, 2.45) is 0 Å². The number of carbonyl (C=O) groups is 2. The molecule has 1 N–H and O–H groups in total. The molecule has 5 nitrogen and oxygen atoms in total. The average Bonchev–Trinajstić information content (AvgIpc) is 2.50. The molecule has 25 heavy (non-hydrogen) atoms. The van der Waals surface area contributed by atoms with Gasteiger partial charge in [-0.25, -0.2) is 4.79 Å². The van der Waals surface area contributed by atoms with Crippen molar-refractivity contribution >= 4 is 50.5 Å². The number of amides is 1. The Morgan fingerprint density at radius 3 is 2.68 bits per heavy atom. The van der Waals surface area contributed by atoms with Crippen LogP contribution in [-0.2, 0) is 14.3 Å². The molecule has 1 heterocycles. The van der Waals surface area contributed by atoms with Gasteiger partial charge in [0, 0.05) is 33.1 Å². The number of esters is 1. The predicted octanol–water partition coefficient (Wildman–Crippen LogP) is 3.85. The fourth-order valence-electron chi connectivity index (χ4n) is 2.31. The van der Waals surface area contributed by atoms with Crippen molar-refractivity contribution in [3.63, 3.8) is 0 Å². The van der Waals surface area contributed by atoms with Gasteiger partial charge in [-0.3, -0.25) is 9.78 Å². The topological polar surface area (TPSA) is 68.3 Å². The van der Waals surface area contributed by atoms with Gasteiger partial charge in [0.15, 0.2) is 0 Å². The Kier molecular flexibility index (Phi) is 6.84. The van der Waals surface area contributed by atoms with E-state index in [1.54, 1.807) is 13.8 Å². The summed E-state index contributed by atoms with van der Waals surface area (Å²) in [6.45, 7) is 6.90. The molecule has 0 aliphatic rings. The molecule has 0 bridgehead atoms. The van der Waals surface area contributed by atoms with Crippen molar-refractivity contribution in [2.75, 3.05) is 5.75 Å². The molecular weight excluding hydrogens is 404 g/mol. The fourth-order valence-corrected chi connectivity index (χ4v) is 3.81. The van der Waals surface area contributed by atoms with Crippen LogP contribution in [0.4, 0.5) is 0 Å². The average molecular weight is 425 g/mol. The number of nitrogens with zero attached hydrogens (tertiary/aromatic N) is 1. The molecule has 2 rings (SSSR count). The molecule has 0 unspecified atom stereocenters. The first-order valence-corrected chi connectivity index (χ1v) is 9.71. The molecule has 0 spiro atoms. The number of hydrogen-bond donors (Lipinski definition) is 1. The zero-order chi connectivity index (χ0) is 18.6. The van der Waals surface area contributed by atoms with Crippen LogP contribution in [0.5, 0.6) is 0 Å². The number of thioether (sulfide) groups is 1. The number of nitrogens with one attached hydrogen (secondary N) is 1. The van der Waals surface area contributed by atoms with Gasteiger partial charge in [-0.15, -0.1) is 11.8 Å². The summed E-state index contributed by atoms with van der Waals surface area (Å²) in [7, 11) is 0. The van der Waals surface area contributed by atoms with Crippen LogP contribution in [0.2, 0.25) is 0 Å². The molecule has 1 amide bonds. The summed E-state index contributed by atoms with van der Waals surface area (Å²) in [5, 5.41) is 3.67. The number of benzene rings is 1. The van der Waals surface area contributed by atoms with Crippen molar-refractivity contribution in [1.29, 1.82) is 0 Å². The maximum atomic E-state index is 12.2. The SMILES string of the molecule is CC(=O)N[C@@H](CSc1cc(C)nc2ccc(Br)cc12)C(=O)OC(C)C. The fraction of sp³-hybridized carbons (Fsp3) is 0.389. The van der Waals surface area contributed by atoms with Crippen molar-refractivity contribution < 1.29 is 14.3 Å². The van der Waals surface area contributed by atoms with Crippen molar-refractivity contribution in [2.45, 2.75) is 44.7 Å². The molecular formula is C18H21BrN2O3S. The lowest BCUT2D eigenvalue weighted by Gasteiger charge is -2.18. The molecule has 0 saturated heterocycles. The summed E-state index contributed by atoms with van der Waals surface area (Å²) in [5.74, 6) is -0.297. The summed E-state index contributed by atoms with van der Waals surface area (Å²) < 4.78 is 6.21. The van der Waals surface area contributed by atoms with E-state index in [9.17, 15) is 9.59 Å². The molecule has 134 valence electrons. The van der Waals surface area contributed by atoms with Gasteiger partial charge < -0.3 is 10.1 Å². The van der Waals surface area contributed by atoms with Crippen LogP contribution in [0.1, 0.15) is 26.5 Å². The molecule has 1 atom stereocenters. The van der Waals surface area contributed by atoms with Crippen LogP contribution in [0.15, 0.2) is 33.6 Å². The maximum absolute atomic E-state index is 12.2. The van der Waals surface area contributed by atoms with Gasteiger partial charge in [0.05, 0.1) is 11.6 Å². The minimum Gasteiger partial charge on any atom is -0.461 e. The lowest BCUT2D eigenvalue weighted by atomic mass is 10.2. The van der Waals surface area contributed by atoms with Crippen molar-refractivity contribution in [1.82, 2.24) is 10.3 Å². The number of aromatic nitrogens is 1. The number of carbonyl (C=O) groups excluding carboxylic acids is 2. The second kappa shape index (κ2) is 8.67. The van der Waals surface area contributed by atoms with E-state index >= 15 is 0 Å². The third-order valence-corrected chi connectivity index (χ3v) is 4.92. The number of pyridine rings is 1. The van der Waals surface area contributed by atoms with Crippen molar-refractivity contribution in [3.8, 4) is 0 Å². The van der Waals surface area contributed by atoms with E-state index in [1.165, 1.54) is 18.7 Å². The Bertz CT molecular complexity index is 795. The molecule has 7 heteroatoms. The molecule has 1 aromatic carbocycles. The van der Waals surface area contributed by atoms with E-state index in [-0.39, 0.29) is 12.0 Å². The van der Waals surface area contributed by atoms with Gasteiger partial charge >= 0.3 is 5.97 Å². The van der Waals surface area contributed by atoms with Gasteiger partial charge in [0.1, 0.15) is 6.04 Å². The highest BCUT2D eigenvalue weighted by molar-refractivity contribution is 9.10. The zero-order valence-electron chi connectivity index (χ0n) is 14.6. The number of hydrogen-bond acceptors (Lipinski definition) is 5. The summed E-state index contributed by atoms with van der Waals surface area (Å²) >= 11 is 4.98. The predicted molar refractivity (Wildman–Crippen MR) is 104 cm³/mol. The molecule has 0 saturated carbocycles. The third kappa shape index (κ3) is 5.71. The molecule has 2 aromatic rings. The van der Waals surface area contributed by atoms with Gasteiger partial charge in [-0.05, 0) is 45.0 Å². The first-order chi connectivity index (χ1) is 11.8. The first kappa shape index (κ1) is 19.7. The minimum atomic E-state index is -0.694. The van der Waals surface area contributed by atoms with E-state index in [0.29, 0.717) is 5.75 Å². The zero-order valence-corrected chi connectivity index (χ0v) is 17.0. The Balaban J connectivity index is 2.24. The quantitative estimate of drug-likeness (QED) is 0.563. The van der Waals surface area contributed by atoms with E-state index in [0.717, 1.165) is 26.0 Å². The van der Waals surface area contributed by atoms with E-state index in [2.05, 4.69) is 26.2 Å². The second-order valence-corrected chi connectivity index (χ2v) is 7.95. The second-order valence-electron chi connectivity index (χ2n) is 5.97. The highest BCUT2D eigenvalue weighted by Gasteiger charge is 2.22. The Labute approximate surface area is 160 Å². The van der Waals surface area contributed by atoms with Gasteiger partial charge in [-0.1, -0.05) is 15.9 Å². The van der Waals surface area contributed by atoms with Crippen LogP contribution >= 0.6 is 27.7 Å². The summed E-state index contributed by atoms with van der Waals surface area (Å²) in [6, 6.07) is 7.20. The first-order valence-electron chi connectivity index (χ1n) is 7.93. The van der Waals surface area contributed by atoms with Crippen LogP contribution in [0.25, 0.3) is 10.9 Å². The number of rotatable bonds is 6. The number of fused-ring (bicyclic) bond motifs is 1. The highest BCUT2D eigenvalue weighted by Crippen LogP contribution is 2.30. The standard InChI is InChI=1S/C18H21BrN2O3S/c1-10(2)24-18(23)16(21-12(4)22)9-25-17-7-11(3)20-15-6-5-13(19)8-14(15)17/h5-8,10,16H,9H2,1-4H3,(H,21,22)/t16-/m0/s1. The van der Waals surface area contributed by atoms with Gasteiger partial charge in [0.25, 0.3) is 0 Å². The van der Waals surface area contributed by atoms with Gasteiger partial charge in [0.2, 0.25) is 5.91 Å². The van der Waals surface area contributed by atoms with Crippen LogP contribution < -0.4 is 5.32 Å². The maximum Gasteiger partial charge on any atom is 0.329 e. The molecule has 1 aromatic heterocycles. The van der Waals surface area contributed by atoms with E-state index < -0.39 is 12.0 Å². The third-order valence-electron chi connectivity index (χ3n) is 3.28. The lowest BCUT2D eigenvalue weighted by Crippen LogP contribution is -2.43. The van der Waals surface area contributed by atoms with Crippen molar-refractivity contribution in [3.05, 3.63) is 34.4 Å². The molecule has 0 fully saturated rings. The Morgan fingerprint density at radius 1 is 1.32 bits per heavy atom.